The number of rotatable bonds is 3. The molecule has 0 bridgehead atoms. The Morgan fingerprint density at radius 2 is 2.24 bits per heavy atom. The molecule has 1 N–H and O–H groups in total. The molecule has 2 heterocycles. The molecule has 0 amide bonds. The van der Waals surface area contributed by atoms with Gasteiger partial charge in [-0.1, -0.05) is 26.8 Å². The summed E-state index contributed by atoms with van der Waals surface area (Å²) in [4.78, 5) is 4.36. The second kappa shape index (κ2) is 5.05. The van der Waals surface area contributed by atoms with Crippen LogP contribution in [0.1, 0.15) is 32.8 Å². The Bertz CT molecular complexity index is 347. The molecule has 1 atom stereocenters. The van der Waals surface area contributed by atoms with E-state index in [2.05, 4.69) is 37.1 Å². The normalized spacial score (nSPS) is 20.5. The summed E-state index contributed by atoms with van der Waals surface area (Å²) in [5, 5.41) is 3.34. The molecule has 1 aromatic rings. The van der Waals surface area contributed by atoms with E-state index in [-0.39, 0.29) is 5.41 Å². The van der Waals surface area contributed by atoms with Crippen LogP contribution in [0.5, 0.6) is 5.88 Å². The number of nitrogens with one attached hydrogen (secondary N) is 1. The van der Waals surface area contributed by atoms with Gasteiger partial charge >= 0.3 is 0 Å². The van der Waals surface area contributed by atoms with Gasteiger partial charge in [0.05, 0.1) is 6.61 Å². The highest BCUT2D eigenvalue weighted by atomic mass is 16.5. The van der Waals surface area contributed by atoms with Crippen molar-refractivity contribution in [3.8, 4) is 5.88 Å². The van der Waals surface area contributed by atoms with Crippen LogP contribution >= 0.6 is 0 Å². The molecule has 94 valence electrons. The van der Waals surface area contributed by atoms with E-state index in [9.17, 15) is 0 Å². The van der Waals surface area contributed by atoms with Crippen LogP contribution in [0.4, 0.5) is 0 Å². The molecular weight excluding hydrogens is 212 g/mol. The van der Waals surface area contributed by atoms with Crippen LogP contribution < -0.4 is 10.1 Å². The first-order chi connectivity index (χ1) is 8.05. The standard InChI is InChI=1S/C14H22N2O/c1-14(2,3)12-4-5-13(16-9-12)17-10-11-6-7-15-8-11/h4-5,9,11,15H,6-8,10H2,1-3H3. The van der Waals surface area contributed by atoms with Gasteiger partial charge in [-0.05, 0) is 23.9 Å². The quantitative estimate of drug-likeness (QED) is 0.872. The second-order valence-electron chi connectivity index (χ2n) is 5.80. The van der Waals surface area contributed by atoms with Gasteiger partial charge in [-0.3, -0.25) is 0 Å². The van der Waals surface area contributed by atoms with Crippen molar-refractivity contribution in [3.05, 3.63) is 23.9 Å². The molecule has 1 unspecified atom stereocenters. The van der Waals surface area contributed by atoms with Crippen molar-refractivity contribution in [2.24, 2.45) is 5.92 Å². The van der Waals surface area contributed by atoms with E-state index < -0.39 is 0 Å². The van der Waals surface area contributed by atoms with Crippen LogP contribution in [0.2, 0.25) is 0 Å². The molecule has 1 aliphatic rings. The summed E-state index contributed by atoms with van der Waals surface area (Å²) in [5.74, 6) is 1.38. The maximum atomic E-state index is 5.71. The van der Waals surface area contributed by atoms with Gasteiger partial charge in [-0.25, -0.2) is 4.98 Å². The van der Waals surface area contributed by atoms with Crippen LogP contribution in [-0.2, 0) is 5.41 Å². The molecule has 0 aliphatic carbocycles. The number of hydrogen-bond acceptors (Lipinski definition) is 3. The minimum absolute atomic E-state index is 0.154. The van der Waals surface area contributed by atoms with Crippen molar-refractivity contribution >= 4 is 0 Å². The highest BCUT2D eigenvalue weighted by molar-refractivity contribution is 5.23. The van der Waals surface area contributed by atoms with Crippen LogP contribution in [0.25, 0.3) is 0 Å². The predicted octanol–water partition coefficient (Wildman–Crippen LogP) is 2.37. The molecule has 1 aliphatic heterocycles. The summed E-state index contributed by atoms with van der Waals surface area (Å²) < 4.78 is 5.71. The van der Waals surface area contributed by atoms with Gasteiger partial charge in [-0.15, -0.1) is 0 Å². The van der Waals surface area contributed by atoms with Crippen molar-refractivity contribution in [2.75, 3.05) is 19.7 Å². The lowest BCUT2D eigenvalue weighted by atomic mass is 9.88. The van der Waals surface area contributed by atoms with E-state index in [4.69, 9.17) is 4.74 Å². The van der Waals surface area contributed by atoms with Gasteiger partial charge < -0.3 is 10.1 Å². The van der Waals surface area contributed by atoms with Crippen LogP contribution in [-0.4, -0.2) is 24.7 Å². The van der Waals surface area contributed by atoms with E-state index in [1.807, 2.05) is 12.3 Å². The molecule has 0 radical (unpaired) electrons. The zero-order valence-electron chi connectivity index (χ0n) is 11.0. The summed E-state index contributed by atoms with van der Waals surface area (Å²) in [5.41, 5.74) is 1.40. The first-order valence-corrected chi connectivity index (χ1v) is 6.36. The van der Waals surface area contributed by atoms with E-state index in [0.717, 1.165) is 25.6 Å². The molecule has 2 rings (SSSR count). The molecule has 17 heavy (non-hydrogen) atoms. The number of ether oxygens (including phenoxy) is 1. The minimum Gasteiger partial charge on any atom is -0.477 e. The third kappa shape index (κ3) is 3.43. The average Bonchev–Trinajstić information content (AvgIpc) is 2.78. The van der Waals surface area contributed by atoms with Gasteiger partial charge in [0.15, 0.2) is 0 Å². The summed E-state index contributed by atoms with van der Waals surface area (Å²) in [6, 6.07) is 4.08. The molecule has 0 aromatic carbocycles. The fourth-order valence-corrected chi connectivity index (χ4v) is 1.97. The summed E-state index contributed by atoms with van der Waals surface area (Å²) in [7, 11) is 0. The van der Waals surface area contributed by atoms with Crippen LogP contribution in [0, 0.1) is 5.92 Å². The topological polar surface area (TPSA) is 34.1 Å². The Labute approximate surface area is 104 Å². The fourth-order valence-electron chi connectivity index (χ4n) is 1.97. The van der Waals surface area contributed by atoms with Crippen molar-refractivity contribution in [2.45, 2.75) is 32.6 Å². The van der Waals surface area contributed by atoms with Gasteiger partial charge in [0.2, 0.25) is 5.88 Å². The van der Waals surface area contributed by atoms with E-state index in [1.165, 1.54) is 12.0 Å². The maximum Gasteiger partial charge on any atom is 0.213 e. The molecule has 1 fully saturated rings. The molecule has 3 nitrogen and oxygen atoms in total. The molecule has 0 saturated carbocycles. The van der Waals surface area contributed by atoms with Gasteiger partial charge in [0.25, 0.3) is 0 Å². The van der Waals surface area contributed by atoms with E-state index >= 15 is 0 Å². The van der Waals surface area contributed by atoms with E-state index in [1.54, 1.807) is 0 Å². The predicted molar refractivity (Wildman–Crippen MR) is 69.4 cm³/mol. The van der Waals surface area contributed by atoms with Crippen LogP contribution in [0.3, 0.4) is 0 Å². The zero-order chi connectivity index (χ0) is 12.3. The SMILES string of the molecule is CC(C)(C)c1ccc(OCC2CCNC2)nc1. The highest BCUT2D eigenvalue weighted by Crippen LogP contribution is 2.22. The lowest BCUT2D eigenvalue weighted by Crippen LogP contribution is -2.16. The second-order valence-corrected chi connectivity index (χ2v) is 5.80. The molecule has 1 aromatic heterocycles. The number of nitrogens with zero attached hydrogens (tertiary/aromatic N) is 1. The maximum absolute atomic E-state index is 5.71. The zero-order valence-corrected chi connectivity index (χ0v) is 11.0. The van der Waals surface area contributed by atoms with Crippen molar-refractivity contribution < 1.29 is 4.74 Å². The Morgan fingerprint density at radius 3 is 2.76 bits per heavy atom. The fraction of sp³-hybridized carbons (Fsp3) is 0.643. The third-order valence-corrected chi connectivity index (χ3v) is 3.23. The number of pyridine rings is 1. The Balaban J connectivity index is 1.89. The minimum atomic E-state index is 0.154. The summed E-state index contributed by atoms with van der Waals surface area (Å²) >= 11 is 0. The number of hydrogen-bond donors (Lipinski definition) is 1. The Kier molecular flexibility index (Phi) is 3.67. The smallest absolute Gasteiger partial charge is 0.213 e. The Morgan fingerprint density at radius 1 is 1.41 bits per heavy atom. The number of aromatic nitrogens is 1. The van der Waals surface area contributed by atoms with E-state index in [0.29, 0.717) is 5.92 Å². The highest BCUT2D eigenvalue weighted by Gasteiger charge is 2.16. The van der Waals surface area contributed by atoms with Gasteiger partial charge in [0, 0.05) is 24.7 Å². The van der Waals surface area contributed by atoms with Gasteiger partial charge in [0.1, 0.15) is 0 Å². The summed E-state index contributed by atoms with van der Waals surface area (Å²) in [6.45, 7) is 9.53. The molecular formula is C14H22N2O. The molecule has 3 heteroatoms. The third-order valence-electron chi connectivity index (χ3n) is 3.23. The first-order valence-electron chi connectivity index (χ1n) is 6.36. The molecule has 0 spiro atoms. The largest absolute Gasteiger partial charge is 0.477 e. The van der Waals surface area contributed by atoms with Crippen LogP contribution in [0.15, 0.2) is 18.3 Å². The lowest BCUT2D eigenvalue weighted by molar-refractivity contribution is 0.251. The van der Waals surface area contributed by atoms with Crippen molar-refractivity contribution in [1.82, 2.24) is 10.3 Å². The van der Waals surface area contributed by atoms with Crippen molar-refractivity contribution in [1.29, 1.82) is 0 Å². The first kappa shape index (κ1) is 12.4. The van der Waals surface area contributed by atoms with Gasteiger partial charge in [-0.2, -0.15) is 0 Å². The summed E-state index contributed by atoms with van der Waals surface area (Å²) in [6.07, 6.45) is 3.13. The molecule has 1 saturated heterocycles. The lowest BCUT2D eigenvalue weighted by Gasteiger charge is -2.18. The average molecular weight is 234 g/mol. The Hall–Kier alpha value is -1.09. The monoisotopic (exact) mass is 234 g/mol. The van der Waals surface area contributed by atoms with Crippen molar-refractivity contribution in [3.63, 3.8) is 0 Å².